The first-order chi connectivity index (χ1) is 12.2. The van der Waals surface area contributed by atoms with Crippen molar-refractivity contribution in [1.29, 1.82) is 0 Å². The van der Waals surface area contributed by atoms with Crippen LogP contribution in [-0.4, -0.2) is 48.3 Å². The topological polar surface area (TPSA) is 67.4 Å². The number of amides is 1. The molecule has 0 spiro atoms. The van der Waals surface area contributed by atoms with Crippen LogP contribution in [0, 0.1) is 0 Å². The van der Waals surface area contributed by atoms with Gasteiger partial charge in [0, 0.05) is 20.1 Å². The van der Waals surface area contributed by atoms with Crippen molar-refractivity contribution in [3.8, 4) is 5.75 Å². The first kappa shape index (κ1) is 18.7. The molecule has 0 aliphatic rings. The fourth-order valence-electron chi connectivity index (χ4n) is 2.47. The number of carbonyl (C=O) groups is 1. The van der Waals surface area contributed by atoms with Gasteiger partial charge >= 0.3 is 0 Å². The van der Waals surface area contributed by atoms with E-state index in [1.807, 2.05) is 24.3 Å². The van der Waals surface area contributed by atoms with Gasteiger partial charge in [0.1, 0.15) is 11.6 Å². The second kappa shape index (κ2) is 9.61. The number of nitrogens with zero attached hydrogens (tertiary/aromatic N) is 3. The van der Waals surface area contributed by atoms with E-state index in [4.69, 9.17) is 4.74 Å². The maximum absolute atomic E-state index is 12.2. The molecule has 0 atom stereocenters. The number of unbranched alkanes of at least 4 members (excludes halogenated alkanes) is 1. The van der Waals surface area contributed by atoms with Crippen molar-refractivity contribution in [3.63, 3.8) is 0 Å². The molecule has 2 rings (SSSR count). The minimum Gasteiger partial charge on any atom is -0.496 e. The van der Waals surface area contributed by atoms with Gasteiger partial charge in [0.25, 0.3) is 5.91 Å². The Morgan fingerprint density at radius 1 is 1.20 bits per heavy atom. The molecule has 1 heterocycles. The molecule has 6 heteroatoms. The van der Waals surface area contributed by atoms with Crippen molar-refractivity contribution in [1.82, 2.24) is 15.1 Å². The number of ether oxygens (including phenoxy) is 1. The van der Waals surface area contributed by atoms with E-state index in [0.717, 1.165) is 37.1 Å². The average Bonchev–Trinajstić information content (AvgIpc) is 2.66. The number of benzene rings is 1. The predicted molar refractivity (Wildman–Crippen MR) is 99.1 cm³/mol. The molecule has 0 fully saturated rings. The molecule has 2 aromatic rings. The van der Waals surface area contributed by atoms with E-state index in [2.05, 4.69) is 22.4 Å². The maximum atomic E-state index is 12.2. The van der Waals surface area contributed by atoms with Gasteiger partial charge in [-0.1, -0.05) is 31.5 Å². The van der Waals surface area contributed by atoms with Crippen LogP contribution in [-0.2, 0) is 6.42 Å². The summed E-state index contributed by atoms with van der Waals surface area (Å²) in [6.07, 6.45) is 2.85. The minimum absolute atomic E-state index is 0.0958. The van der Waals surface area contributed by atoms with E-state index in [-0.39, 0.29) is 5.91 Å². The number of aromatic nitrogens is 2. The van der Waals surface area contributed by atoms with Gasteiger partial charge in [-0.3, -0.25) is 4.79 Å². The van der Waals surface area contributed by atoms with Gasteiger partial charge in [-0.25, -0.2) is 0 Å². The number of hydrogen-bond donors (Lipinski definition) is 1. The van der Waals surface area contributed by atoms with Crippen molar-refractivity contribution >= 4 is 11.7 Å². The van der Waals surface area contributed by atoms with Crippen LogP contribution in [0.2, 0.25) is 0 Å². The Hall–Kier alpha value is -2.63. The standard InChI is InChI=1S/C19H26N4O2/c1-4-5-14-23(2)19(24)16-10-11-18(22-21-16)20-13-12-15-8-6-7-9-17(15)25-3/h6-11H,4-5,12-14H2,1-3H3,(H,20,22). The van der Waals surface area contributed by atoms with E-state index in [0.29, 0.717) is 18.1 Å². The molecule has 1 aromatic heterocycles. The molecule has 1 aromatic carbocycles. The third-order valence-corrected chi connectivity index (χ3v) is 3.97. The summed E-state index contributed by atoms with van der Waals surface area (Å²) in [5, 5.41) is 11.4. The Morgan fingerprint density at radius 2 is 2.00 bits per heavy atom. The van der Waals surface area contributed by atoms with Crippen LogP contribution in [0.5, 0.6) is 5.75 Å². The Balaban J connectivity index is 1.87. The summed E-state index contributed by atoms with van der Waals surface area (Å²) < 4.78 is 5.34. The van der Waals surface area contributed by atoms with E-state index in [1.54, 1.807) is 31.2 Å². The number of nitrogens with one attached hydrogen (secondary N) is 1. The number of para-hydroxylation sites is 1. The summed E-state index contributed by atoms with van der Waals surface area (Å²) in [6, 6.07) is 11.4. The molecule has 0 radical (unpaired) electrons. The van der Waals surface area contributed by atoms with E-state index in [9.17, 15) is 4.79 Å². The Labute approximate surface area is 149 Å². The molecular weight excluding hydrogens is 316 g/mol. The monoisotopic (exact) mass is 342 g/mol. The van der Waals surface area contributed by atoms with Crippen LogP contribution in [0.4, 0.5) is 5.82 Å². The van der Waals surface area contributed by atoms with Gasteiger partial charge in [0.05, 0.1) is 7.11 Å². The van der Waals surface area contributed by atoms with Gasteiger partial charge in [-0.05, 0) is 36.6 Å². The molecular formula is C19H26N4O2. The fraction of sp³-hybridized carbons (Fsp3) is 0.421. The van der Waals surface area contributed by atoms with Crippen molar-refractivity contribution in [2.24, 2.45) is 0 Å². The molecule has 0 saturated carbocycles. The SMILES string of the molecule is CCCCN(C)C(=O)c1ccc(NCCc2ccccc2OC)nn1. The van der Waals surface area contributed by atoms with E-state index in [1.165, 1.54) is 0 Å². The Kier molecular flexibility index (Phi) is 7.19. The lowest BCUT2D eigenvalue weighted by atomic mass is 10.1. The van der Waals surface area contributed by atoms with Crippen LogP contribution < -0.4 is 10.1 Å². The molecule has 1 N–H and O–H groups in total. The lowest BCUT2D eigenvalue weighted by molar-refractivity contribution is 0.0786. The highest BCUT2D eigenvalue weighted by Gasteiger charge is 2.13. The van der Waals surface area contributed by atoms with Crippen LogP contribution in [0.25, 0.3) is 0 Å². The predicted octanol–water partition coefficient (Wildman–Crippen LogP) is 3.01. The first-order valence-corrected chi connectivity index (χ1v) is 8.60. The number of anilines is 1. The molecule has 134 valence electrons. The summed E-state index contributed by atoms with van der Waals surface area (Å²) in [5.41, 5.74) is 1.50. The third kappa shape index (κ3) is 5.45. The van der Waals surface area contributed by atoms with Crippen LogP contribution >= 0.6 is 0 Å². The summed E-state index contributed by atoms with van der Waals surface area (Å²) in [4.78, 5) is 13.9. The fourth-order valence-corrected chi connectivity index (χ4v) is 2.47. The Morgan fingerprint density at radius 3 is 2.68 bits per heavy atom. The van der Waals surface area contributed by atoms with Gasteiger partial charge in [0.15, 0.2) is 5.69 Å². The molecule has 6 nitrogen and oxygen atoms in total. The number of methoxy groups -OCH3 is 1. The summed E-state index contributed by atoms with van der Waals surface area (Å²) >= 11 is 0. The average molecular weight is 342 g/mol. The van der Waals surface area contributed by atoms with E-state index >= 15 is 0 Å². The first-order valence-electron chi connectivity index (χ1n) is 8.60. The highest BCUT2D eigenvalue weighted by Crippen LogP contribution is 2.17. The molecule has 0 bridgehead atoms. The van der Waals surface area contributed by atoms with Gasteiger partial charge in [-0.15, -0.1) is 10.2 Å². The minimum atomic E-state index is -0.0958. The van der Waals surface area contributed by atoms with Crippen LogP contribution in [0.15, 0.2) is 36.4 Å². The Bertz CT molecular complexity index is 673. The number of carbonyl (C=O) groups excluding carboxylic acids is 1. The zero-order chi connectivity index (χ0) is 18.1. The molecule has 1 amide bonds. The van der Waals surface area contributed by atoms with Gasteiger partial charge in [-0.2, -0.15) is 0 Å². The molecule has 25 heavy (non-hydrogen) atoms. The highest BCUT2D eigenvalue weighted by molar-refractivity contribution is 5.92. The van der Waals surface area contributed by atoms with Crippen molar-refractivity contribution in [2.45, 2.75) is 26.2 Å². The zero-order valence-electron chi connectivity index (χ0n) is 15.2. The quantitative estimate of drug-likeness (QED) is 0.759. The summed E-state index contributed by atoms with van der Waals surface area (Å²) in [5.74, 6) is 1.44. The molecule has 0 unspecified atom stereocenters. The lowest BCUT2D eigenvalue weighted by Crippen LogP contribution is -2.28. The van der Waals surface area contributed by atoms with Crippen molar-refractivity contribution < 1.29 is 9.53 Å². The third-order valence-electron chi connectivity index (χ3n) is 3.97. The number of rotatable bonds is 9. The molecule has 0 aliphatic heterocycles. The van der Waals surface area contributed by atoms with Crippen molar-refractivity contribution in [2.75, 3.05) is 32.6 Å². The maximum Gasteiger partial charge on any atom is 0.274 e. The highest BCUT2D eigenvalue weighted by atomic mass is 16.5. The lowest BCUT2D eigenvalue weighted by Gasteiger charge is -2.15. The largest absolute Gasteiger partial charge is 0.496 e. The zero-order valence-corrected chi connectivity index (χ0v) is 15.2. The second-order valence-electron chi connectivity index (χ2n) is 5.87. The summed E-state index contributed by atoms with van der Waals surface area (Å²) in [6.45, 7) is 3.54. The summed E-state index contributed by atoms with van der Waals surface area (Å²) in [7, 11) is 3.46. The number of hydrogen-bond acceptors (Lipinski definition) is 5. The normalized spacial score (nSPS) is 10.4. The molecule has 0 saturated heterocycles. The van der Waals surface area contributed by atoms with Crippen molar-refractivity contribution in [3.05, 3.63) is 47.7 Å². The van der Waals surface area contributed by atoms with Crippen LogP contribution in [0.1, 0.15) is 35.8 Å². The second-order valence-corrected chi connectivity index (χ2v) is 5.87. The molecule has 0 aliphatic carbocycles. The van der Waals surface area contributed by atoms with Gasteiger partial charge in [0.2, 0.25) is 0 Å². The van der Waals surface area contributed by atoms with Crippen LogP contribution in [0.3, 0.4) is 0 Å². The smallest absolute Gasteiger partial charge is 0.274 e. The van der Waals surface area contributed by atoms with Gasteiger partial charge < -0.3 is 15.0 Å². The van der Waals surface area contributed by atoms with E-state index < -0.39 is 0 Å².